The standard InChI is InChI=1S/C19H18N2O2/c22-18(20-15-10-11-15)17-12-14-8-4-5-9-16(14)21(17)19(23)13-6-2-1-3-7-13/h1-9,15,17H,10-12H2,(H,20,22)/t17-/m0/s1. The summed E-state index contributed by atoms with van der Waals surface area (Å²) >= 11 is 0. The number of nitrogens with zero attached hydrogens (tertiary/aromatic N) is 1. The first-order valence-corrected chi connectivity index (χ1v) is 8.01. The molecule has 1 aliphatic heterocycles. The minimum atomic E-state index is -0.458. The SMILES string of the molecule is O=C(NC1CC1)[C@@H]1Cc2ccccc2N1C(=O)c1ccccc1. The molecule has 1 aliphatic carbocycles. The van der Waals surface area contributed by atoms with Gasteiger partial charge in [0, 0.05) is 23.7 Å². The lowest BCUT2D eigenvalue weighted by Crippen LogP contribution is -2.48. The van der Waals surface area contributed by atoms with Crippen LogP contribution in [0.1, 0.15) is 28.8 Å². The van der Waals surface area contributed by atoms with E-state index >= 15 is 0 Å². The Labute approximate surface area is 135 Å². The van der Waals surface area contributed by atoms with Crippen LogP contribution in [-0.4, -0.2) is 23.9 Å². The number of rotatable bonds is 3. The molecule has 0 bridgehead atoms. The van der Waals surface area contributed by atoms with E-state index in [0.29, 0.717) is 18.0 Å². The van der Waals surface area contributed by atoms with E-state index in [2.05, 4.69) is 5.32 Å². The normalized spacial score (nSPS) is 19.3. The molecule has 0 aromatic heterocycles. The highest BCUT2D eigenvalue weighted by atomic mass is 16.2. The second-order valence-corrected chi connectivity index (χ2v) is 6.17. The van der Waals surface area contributed by atoms with Crippen LogP contribution in [0, 0.1) is 0 Å². The zero-order valence-electron chi connectivity index (χ0n) is 12.7. The van der Waals surface area contributed by atoms with Crippen molar-refractivity contribution in [1.29, 1.82) is 0 Å². The number of carbonyl (C=O) groups excluding carboxylic acids is 2. The lowest BCUT2D eigenvalue weighted by molar-refractivity contribution is -0.122. The van der Waals surface area contributed by atoms with E-state index in [-0.39, 0.29) is 11.8 Å². The lowest BCUT2D eigenvalue weighted by Gasteiger charge is -2.25. The Hall–Kier alpha value is -2.62. The summed E-state index contributed by atoms with van der Waals surface area (Å²) in [5.74, 6) is -0.167. The molecule has 0 saturated heterocycles. The predicted molar refractivity (Wildman–Crippen MR) is 88.4 cm³/mol. The highest BCUT2D eigenvalue weighted by Gasteiger charge is 2.40. The molecule has 4 rings (SSSR count). The Bertz CT molecular complexity index is 753. The van der Waals surface area contributed by atoms with Gasteiger partial charge in [0.2, 0.25) is 5.91 Å². The number of hydrogen-bond acceptors (Lipinski definition) is 2. The summed E-state index contributed by atoms with van der Waals surface area (Å²) in [6.45, 7) is 0. The maximum atomic E-state index is 13.0. The topological polar surface area (TPSA) is 49.4 Å². The summed E-state index contributed by atoms with van der Waals surface area (Å²) in [4.78, 5) is 27.2. The third kappa shape index (κ3) is 2.61. The molecule has 2 aromatic carbocycles. The molecule has 0 radical (unpaired) electrons. The third-order valence-electron chi connectivity index (χ3n) is 4.44. The van der Waals surface area contributed by atoms with Gasteiger partial charge in [0.25, 0.3) is 5.91 Å². The summed E-state index contributed by atoms with van der Waals surface area (Å²) < 4.78 is 0. The molecule has 116 valence electrons. The van der Waals surface area contributed by atoms with E-state index in [0.717, 1.165) is 24.1 Å². The molecule has 2 aromatic rings. The van der Waals surface area contributed by atoms with Crippen molar-refractivity contribution in [3.8, 4) is 0 Å². The number of para-hydroxylation sites is 1. The third-order valence-corrected chi connectivity index (χ3v) is 4.44. The lowest BCUT2D eigenvalue weighted by atomic mass is 10.1. The molecular formula is C19H18N2O2. The van der Waals surface area contributed by atoms with Gasteiger partial charge in [0.05, 0.1) is 0 Å². The molecule has 23 heavy (non-hydrogen) atoms. The van der Waals surface area contributed by atoms with Gasteiger partial charge in [-0.3, -0.25) is 14.5 Å². The summed E-state index contributed by atoms with van der Waals surface area (Å²) in [6.07, 6.45) is 2.66. The highest BCUT2D eigenvalue weighted by molar-refractivity contribution is 6.11. The molecule has 1 saturated carbocycles. The largest absolute Gasteiger partial charge is 0.352 e. The molecule has 4 nitrogen and oxygen atoms in total. The first-order chi connectivity index (χ1) is 11.2. The van der Waals surface area contributed by atoms with Gasteiger partial charge >= 0.3 is 0 Å². The van der Waals surface area contributed by atoms with E-state index in [1.54, 1.807) is 17.0 Å². The number of benzene rings is 2. The monoisotopic (exact) mass is 306 g/mol. The fourth-order valence-electron chi connectivity index (χ4n) is 3.09. The first-order valence-electron chi connectivity index (χ1n) is 8.01. The summed E-state index contributed by atoms with van der Waals surface area (Å²) in [5.41, 5.74) is 2.50. The van der Waals surface area contributed by atoms with Crippen molar-refractivity contribution in [3.05, 3.63) is 65.7 Å². The van der Waals surface area contributed by atoms with E-state index in [1.807, 2.05) is 42.5 Å². The van der Waals surface area contributed by atoms with Crippen LogP contribution in [0.4, 0.5) is 5.69 Å². The summed E-state index contributed by atoms with van der Waals surface area (Å²) in [6, 6.07) is 16.7. The van der Waals surface area contributed by atoms with Gasteiger partial charge in [-0.2, -0.15) is 0 Å². The Morgan fingerprint density at radius 3 is 2.39 bits per heavy atom. The van der Waals surface area contributed by atoms with Gasteiger partial charge in [-0.15, -0.1) is 0 Å². The molecule has 0 spiro atoms. The van der Waals surface area contributed by atoms with Crippen LogP contribution in [0.2, 0.25) is 0 Å². The van der Waals surface area contributed by atoms with Crippen molar-refractivity contribution in [1.82, 2.24) is 5.32 Å². The van der Waals surface area contributed by atoms with E-state index in [9.17, 15) is 9.59 Å². The number of fused-ring (bicyclic) bond motifs is 1. The van der Waals surface area contributed by atoms with Gasteiger partial charge in [0.1, 0.15) is 6.04 Å². The number of nitrogens with one attached hydrogen (secondary N) is 1. The quantitative estimate of drug-likeness (QED) is 0.947. The fourth-order valence-corrected chi connectivity index (χ4v) is 3.09. The highest BCUT2D eigenvalue weighted by Crippen LogP contribution is 2.34. The van der Waals surface area contributed by atoms with Crippen molar-refractivity contribution >= 4 is 17.5 Å². The molecular weight excluding hydrogens is 288 g/mol. The minimum absolute atomic E-state index is 0.0482. The molecule has 2 amide bonds. The summed E-state index contributed by atoms with van der Waals surface area (Å²) in [5, 5.41) is 3.03. The Morgan fingerprint density at radius 2 is 1.65 bits per heavy atom. The van der Waals surface area contributed by atoms with Crippen LogP contribution >= 0.6 is 0 Å². The average Bonchev–Trinajstić information content (AvgIpc) is 3.31. The maximum absolute atomic E-state index is 13.0. The molecule has 1 heterocycles. The van der Waals surface area contributed by atoms with Crippen molar-refractivity contribution in [2.24, 2.45) is 0 Å². The number of hydrogen-bond donors (Lipinski definition) is 1. The fraction of sp³-hybridized carbons (Fsp3) is 0.263. The van der Waals surface area contributed by atoms with Crippen LogP contribution in [0.25, 0.3) is 0 Å². The van der Waals surface area contributed by atoms with Gasteiger partial charge in [0.15, 0.2) is 0 Å². The number of carbonyl (C=O) groups is 2. The van der Waals surface area contributed by atoms with Gasteiger partial charge in [-0.1, -0.05) is 36.4 Å². The van der Waals surface area contributed by atoms with E-state index in [1.165, 1.54) is 0 Å². The molecule has 4 heteroatoms. The van der Waals surface area contributed by atoms with E-state index in [4.69, 9.17) is 0 Å². The minimum Gasteiger partial charge on any atom is -0.352 e. The van der Waals surface area contributed by atoms with Crippen molar-refractivity contribution < 1.29 is 9.59 Å². The Balaban J connectivity index is 1.69. The first kappa shape index (κ1) is 14.0. The number of anilines is 1. The zero-order valence-corrected chi connectivity index (χ0v) is 12.7. The van der Waals surface area contributed by atoms with Crippen molar-refractivity contribution in [3.63, 3.8) is 0 Å². The van der Waals surface area contributed by atoms with Crippen molar-refractivity contribution in [2.45, 2.75) is 31.3 Å². The van der Waals surface area contributed by atoms with Gasteiger partial charge in [-0.05, 0) is 36.6 Å². The van der Waals surface area contributed by atoms with Crippen LogP contribution in [0.5, 0.6) is 0 Å². The molecule has 1 atom stereocenters. The van der Waals surface area contributed by atoms with Crippen LogP contribution in [0.15, 0.2) is 54.6 Å². The second-order valence-electron chi connectivity index (χ2n) is 6.17. The molecule has 1 N–H and O–H groups in total. The second kappa shape index (κ2) is 5.54. The van der Waals surface area contributed by atoms with E-state index < -0.39 is 6.04 Å². The van der Waals surface area contributed by atoms with Gasteiger partial charge in [-0.25, -0.2) is 0 Å². The molecule has 0 unspecified atom stereocenters. The van der Waals surface area contributed by atoms with Crippen molar-refractivity contribution in [2.75, 3.05) is 4.90 Å². The van der Waals surface area contributed by atoms with Crippen LogP contribution < -0.4 is 10.2 Å². The maximum Gasteiger partial charge on any atom is 0.259 e. The Morgan fingerprint density at radius 1 is 0.957 bits per heavy atom. The predicted octanol–water partition coefficient (Wildman–Crippen LogP) is 2.54. The van der Waals surface area contributed by atoms with Crippen LogP contribution in [-0.2, 0) is 11.2 Å². The zero-order chi connectivity index (χ0) is 15.8. The summed E-state index contributed by atoms with van der Waals surface area (Å²) in [7, 11) is 0. The smallest absolute Gasteiger partial charge is 0.259 e. The van der Waals surface area contributed by atoms with Gasteiger partial charge < -0.3 is 5.32 Å². The molecule has 1 fully saturated rings. The molecule has 2 aliphatic rings. The average molecular weight is 306 g/mol. The van der Waals surface area contributed by atoms with Crippen LogP contribution in [0.3, 0.4) is 0 Å². The Kier molecular flexibility index (Phi) is 3.37. The number of amides is 2.